The molecule has 0 aromatic heterocycles. The predicted octanol–water partition coefficient (Wildman–Crippen LogP) is 6.18. The number of carbonyl (C=O) groups excluding carboxylic acids is 1. The van der Waals surface area contributed by atoms with E-state index in [4.69, 9.17) is 0 Å². The van der Waals surface area contributed by atoms with Gasteiger partial charge in [0.1, 0.15) is 0 Å². The maximum atomic E-state index is 12.3. The van der Waals surface area contributed by atoms with Gasteiger partial charge in [-0.1, -0.05) is 96.1 Å². The summed E-state index contributed by atoms with van der Waals surface area (Å²) in [5.74, 6) is 0.0374. The summed E-state index contributed by atoms with van der Waals surface area (Å²) in [6.07, 6.45) is 3.53. The average Bonchev–Trinajstić information content (AvgIpc) is 2.51. The van der Waals surface area contributed by atoms with Gasteiger partial charge in [-0.2, -0.15) is 0 Å². The topological polar surface area (TPSA) is 17.1 Å². The van der Waals surface area contributed by atoms with Crippen LogP contribution in [0.5, 0.6) is 0 Å². The van der Waals surface area contributed by atoms with Gasteiger partial charge in [0.15, 0.2) is 5.78 Å². The Labute approximate surface area is 146 Å². The smallest absolute Gasteiger partial charge is 0.185 e. The molecule has 126 valence electrons. The van der Waals surface area contributed by atoms with E-state index in [-0.39, 0.29) is 16.6 Å². The van der Waals surface area contributed by atoms with E-state index in [0.29, 0.717) is 0 Å². The molecule has 2 rings (SSSR count). The third-order valence-corrected chi connectivity index (χ3v) is 4.24. The molecule has 0 bridgehead atoms. The van der Waals surface area contributed by atoms with Crippen molar-refractivity contribution in [3.05, 3.63) is 76.9 Å². The lowest BCUT2D eigenvalue weighted by atomic mass is 9.86. The first-order valence-electron chi connectivity index (χ1n) is 8.51. The van der Waals surface area contributed by atoms with Gasteiger partial charge in [0.25, 0.3) is 0 Å². The summed E-state index contributed by atoms with van der Waals surface area (Å²) in [4.78, 5) is 12.3. The van der Waals surface area contributed by atoms with Crippen LogP contribution in [0.1, 0.15) is 68.6 Å². The molecule has 0 fully saturated rings. The summed E-state index contributed by atoms with van der Waals surface area (Å²) in [5.41, 5.74) is 4.55. The zero-order valence-electron chi connectivity index (χ0n) is 15.7. The molecule has 0 amide bonds. The molecular formula is C23H28O. The van der Waals surface area contributed by atoms with Crippen LogP contribution < -0.4 is 0 Å². The first-order chi connectivity index (χ1) is 11.1. The van der Waals surface area contributed by atoms with Gasteiger partial charge in [0.05, 0.1) is 0 Å². The van der Waals surface area contributed by atoms with Crippen LogP contribution in [0.2, 0.25) is 0 Å². The largest absolute Gasteiger partial charge is 0.289 e. The van der Waals surface area contributed by atoms with Crippen LogP contribution >= 0.6 is 0 Å². The van der Waals surface area contributed by atoms with E-state index in [2.05, 4.69) is 65.8 Å². The molecule has 1 heteroatoms. The fraction of sp³-hybridized carbons (Fsp3) is 0.348. The molecule has 0 saturated carbocycles. The minimum absolute atomic E-state index is 0.0374. The van der Waals surface area contributed by atoms with Crippen molar-refractivity contribution < 1.29 is 4.79 Å². The van der Waals surface area contributed by atoms with E-state index >= 15 is 0 Å². The lowest BCUT2D eigenvalue weighted by Gasteiger charge is -2.19. The predicted molar refractivity (Wildman–Crippen MR) is 104 cm³/mol. The first kappa shape index (κ1) is 18.2. The first-order valence-corrected chi connectivity index (χ1v) is 8.51. The van der Waals surface area contributed by atoms with Gasteiger partial charge < -0.3 is 0 Å². The number of benzene rings is 2. The van der Waals surface area contributed by atoms with Crippen LogP contribution in [0.15, 0.2) is 54.6 Å². The number of hydrogen-bond donors (Lipinski definition) is 0. The summed E-state index contributed by atoms with van der Waals surface area (Å²) in [7, 11) is 0. The Balaban J connectivity index is 2.10. The Bertz CT molecular complexity index is 718. The zero-order valence-corrected chi connectivity index (χ0v) is 15.7. The Morgan fingerprint density at radius 1 is 0.708 bits per heavy atom. The van der Waals surface area contributed by atoms with Crippen molar-refractivity contribution in [1.82, 2.24) is 0 Å². The lowest BCUT2D eigenvalue weighted by Crippen LogP contribution is -2.11. The van der Waals surface area contributed by atoms with Crippen molar-refractivity contribution in [2.75, 3.05) is 0 Å². The second-order valence-corrected chi connectivity index (χ2v) is 8.40. The van der Waals surface area contributed by atoms with Gasteiger partial charge in [-0.05, 0) is 33.6 Å². The van der Waals surface area contributed by atoms with E-state index in [0.717, 1.165) is 11.1 Å². The van der Waals surface area contributed by atoms with E-state index in [1.54, 1.807) is 6.08 Å². The van der Waals surface area contributed by atoms with E-state index < -0.39 is 0 Å². The van der Waals surface area contributed by atoms with Crippen LogP contribution in [0.4, 0.5) is 0 Å². The van der Waals surface area contributed by atoms with Gasteiger partial charge >= 0.3 is 0 Å². The standard InChI is InChI=1S/C23H28O/c1-22(2,3)19-12-7-17(8-13-19)9-16-21(24)18-10-14-20(15-11-18)23(4,5)6/h7-16H,1-6H3. The van der Waals surface area contributed by atoms with E-state index in [1.165, 1.54) is 11.1 Å². The minimum atomic E-state index is 0.0374. The van der Waals surface area contributed by atoms with Gasteiger partial charge in [0.2, 0.25) is 0 Å². The highest BCUT2D eigenvalue weighted by Crippen LogP contribution is 2.23. The van der Waals surface area contributed by atoms with E-state index in [1.807, 2.05) is 30.3 Å². The lowest BCUT2D eigenvalue weighted by molar-refractivity contribution is 0.104. The van der Waals surface area contributed by atoms with Crippen LogP contribution in [-0.2, 0) is 10.8 Å². The SMILES string of the molecule is CC(C)(C)c1ccc(C=CC(=O)c2ccc(C(C)(C)C)cc2)cc1. The highest BCUT2D eigenvalue weighted by Gasteiger charge is 2.14. The second kappa shape index (κ2) is 6.76. The molecule has 0 aliphatic heterocycles. The summed E-state index contributed by atoms with van der Waals surface area (Å²) < 4.78 is 0. The molecule has 24 heavy (non-hydrogen) atoms. The number of hydrogen-bond acceptors (Lipinski definition) is 1. The molecule has 0 heterocycles. The molecular weight excluding hydrogens is 292 g/mol. The minimum Gasteiger partial charge on any atom is -0.289 e. The molecule has 0 radical (unpaired) electrons. The van der Waals surface area contributed by atoms with Crippen molar-refractivity contribution >= 4 is 11.9 Å². The van der Waals surface area contributed by atoms with Gasteiger partial charge in [-0.3, -0.25) is 4.79 Å². The molecule has 0 aliphatic carbocycles. The normalized spacial score (nSPS) is 12.6. The summed E-state index contributed by atoms with van der Waals surface area (Å²) >= 11 is 0. The molecule has 2 aromatic rings. The maximum absolute atomic E-state index is 12.3. The Kier molecular flexibility index (Phi) is 5.13. The molecule has 0 saturated heterocycles. The second-order valence-electron chi connectivity index (χ2n) is 8.40. The Morgan fingerprint density at radius 3 is 1.54 bits per heavy atom. The molecule has 2 aromatic carbocycles. The van der Waals surface area contributed by atoms with Gasteiger partial charge in [0, 0.05) is 5.56 Å². The molecule has 0 spiro atoms. The van der Waals surface area contributed by atoms with Crippen molar-refractivity contribution in [2.45, 2.75) is 52.4 Å². The summed E-state index contributed by atoms with van der Waals surface area (Å²) in [6.45, 7) is 13.1. The summed E-state index contributed by atoms with van der Waals surface area (Å²) in [6, 6.07) is 16.3. The monoisotopic (exact) mass is 320 g/mol. The van der Waals surface area contributed by atoms with E-state index in [9.17, 15) is 4.79 Å². The number of carbonyl (C=O) groups is 1. The van der Waals surface area contributed by atoms with Crippen molar-refractivity contribution in [3.8, 4) is 0 Å². The fourth-order valence-electron chi connectivity index (χ4n) is 2.50. The number of rotatable bonds is 3. The molecule has 0 aliphatic rings. The number of allylic oxidation sites excluding steroid dienone is 1. The van der Waals surface area contributed by atoms with Gasteiger partial charge in [-0.15, -0.1) is 0 Å². The molecule has 0 unspecified atom stereocenters. The van der Waals surface area contributed by atoms with Crippen molar-refractivity contribution in [2.24, 2.45) is 0 Å². The molecule has 0 N–H and O–H groups in total. The Morgan fingerprint density at radius 2 is 1.12 bits per heavy atom. The average molecular weight is 320 g/mol. The Hall–Kier alpha value is -2.15. The fourth-order valence-corrected chi connectivity index (χ4v) is 2.50. The van der Waals surface area contributed by atoms with Crippen LogP contribution in [0.3, 0.4) is 0 Å². The van der Waals surface area contributed by atoms with Gasteiger partial charge in [-0.25, -0.2) is 0 Å². The molecule has 0 atom stereocenters. The quantitative estimate of drug-likeness (QED) is 0.487. The third-order valence-electron chi connectivity index (χ3n) is 4.24. The summed E-state index contributed by atoms with van der Waals surface area (Å²) in [5, 5.41) is 0. The van der Waals surface area contributed by atoms with Crippen LogP contribution in [0.25, 0.3) is 6.08 Å². The molecule has 1 nitrogen and oxygen atoms in total. The highest BCUT2D eigenvalue weighted by molar-refractivity contribution is 6.06. The zero-order chi connectivity index (χ0) is 18.0. The van der Waals surface area contributed by atoms with Crippen LogP contribution in [-0.4, -0.2) is 5.78 Å². The maximum Gasteiger partial charge on any atom is 0.185 e. The highest BCUT2D eigenvalue weighted by atomic mass is 16.1. The van der Waals surface area contributed by atoms with Crippen LogP contribution in [0, 0.1) is 0 Å². The number of ketones is 1. The third kappa shape index (κ3) is 4.67. The van der Waals surface area contributed by atoms with Crippen molar-refractivity contribution in [1.29, 1.82) is 0 Å². The van der Waals surface area contributed by atoms with Crippen molar-refractivity contribution in [3.63, 3.8) is 0 Å².